The van der Waals surface area contributed by atoms with Gasteiger partial charge in [0.05, 0.1) is 5.69 Å². The molecule has 1 aromatic carbocycles. The van der Waals surface area contributed by atoms with Crippen LogP contribution in [0.3, 0.4) is 0 Å². The highest BCUT2D eigenvalue weighted by Gasteiger charge is 2.06. The van der Waals surface area contributed by atoms with Gasteiger partial charge in [-0.25, -0.2) is 9.78 Å². The Morgan fingerprint density at radius 2 is 2.00 bits per heavy atom. The summed E-state index contributed by atoms with van der Waals surface area (Å²) in [6.45, 7) is 2.01. The van der Waals surface area contributed by atoms with E-state index in [2.05, 4.69) is 10.3 Å². The lowest BCUT2D eigenvalue weighted by atomic mass is 10.1. The van der Waals surface area contributed by atoms with Gasteiger partial charge >= 0.3 is 5.97 Å². The van der Waals surface area contributed by atoms with Crippen LogP contribution in [0.4, 0.5) is 5.69 Å². The standard InChI is InChI=1S/C18H15N3O3/c1-12-5-6-16-20-15(11-21(16)10-12)13-3-2-4-14(9-13)19-17(22)7-8-18(23)24/h2-11H,1H3,(H,19,22)(H,23,24)/b8-7+. The van der Waals surface area contributed by atoms with E-state index in [1.807, 2.05) is 41.9 Å². The maximum atomic E-state index is 11.7. The monoisotopic (exact) mass is 321 g/mol. The summed E-state index contributed by atoms with van der Waals surface area (Å²) >= 11 is 0. The van der Waals surface area contributed by atoms with Crippen molar-refractivity contribution in [3.05, 3.63) is 66.5 Å². The molecule has 0 bridgehead atoms. The summed E-state index contributed by atoms with van der Waals surface area (Å²) in [6.07, 6.45) is 5.69. The highest BCUT2D eigenvalue weighted by Crippen LogP contribution is 2.22. The van der Waals surface area contributed by atoms with E-state index in [4.69, 9.17) is 5.11 Å². The van der Waals surface area contributed by atoms with Crippen molar-refractivity contribution < 1.29 is 14.7 Å². The molecule has 0 saturated heterocycles. The first kappa shape index (κ1) is 15.5. The number of aliphatic carboxylic acids is 1. The molecule has 3 rings (SSSR count). The summed E-state index contributed by atoms with van der Waals surface area (Å²) in [4.78, 5) is 26.7. The second-order valence-electron chi connectivity index (χ2n) is 5.34. The van der Waals surface area contributed by atoms with Crippen LogP contribution in [0, 0.1) is 6.92 Å². The molecule has 1 amide bonds. The maximum Gasteiger partial charge on any atom is 0.328 e. The van der Waals surface area contributed by atoms with Crippen LogP contribution in [0.25, 0.3) is 16.9 Å². The van der Waals surface area contributed by atoms with Crippen molar-refractivity contribution in [3.63, 3.8) is 0 Å². The molecule has 24 heavy (non-hydrogen) atoms. The molecule has 6 heteroatoms. The Labute approximate surface area is 138 Å². The topological polar surface area (TPSA) is 83.7 Å². The number of amides is 1. The van der Waals surface area contributed by atoms with E-state index in [0.29, 0.717) is 5.69 Å². The molecule has 0 atom stereocenters. The number of carboxylic acid groups (broad SMARTS) is 1. The van der Waals surface area contributed by atoms with E-state index in [1.54, 1.807) is 18.2 Å². The van der Waals surface area contributed by atoms with Gasteiger partial charge in [-0.2, -0.15) is 0 Å². The van der Waals surface area contributed by atoms with Crippen LogP contribution in [0.1, 0.15) is 5.56 Å². The molecular weight excluding hydrogens is 306 g/mol. The Bertz CT molecular complexity index is 957. The predicted octanol–water partition coefficient (Wildman–Crippen LogP) is 2.89. The number of anilines is 1. The number of carbonyl (C=O) groups excluding carboxylic acids is 1. The lowest BCUT2D eigenvalue weighted by Crippen LogP contribution is -2.08. The molecule has 2 aromatic heterocycles. The van der Waals surface area contributed by atoms with Crippen LogP contribution >= 0.6 is 0 Å². The maximum absolute atomic E-state index is 11.7. The molecule has 2 heterocycles. The first-order valence-electron chi connectivity index (χ1n) is 7.29. The van der Waals surface area contributed by atoms with Crippen molar-refractivity contribution in [2.75, 3.05) is 5.32 Å². The van der Waals surface area contributed by atoms with Gasteiger partial charge in [0, 0.05) is 35.8 Å². The zero-order valence-corrected chi connectivity index (χ0v) is 12.9. The lowest BCUT2D eigenvalue weighted by molar-refractivity contribution is -0.131. The quantitative estimate of drug-likeness (QED) is 0.724. The normalized spacial score (nSPS) is 11.0. The molecule has 6 nitrogen and oxygen atoms in total. The molecule has 0 unspecified atom stereocenters. The number of pyridine rings is 1. The second-order valence-corrected chi connectivity index (χ2v) is 5.34. The van der Waals surface area contributed by atoms with Crippen molar-refractivity contribution in [2.45, 2.75) is 6.92 Å². The van der Waals surface area contributed by atoms with E-state index in [9.17, 15) is 9.59 Å². The van der Waals surface area contributed by atoms with Crippen molar-refractivity contribution in [1.82, 2.24) is 9.38 Å². The minimum absolute atomic E-state index is 0.500. The first-order chi connectivity index (χ1) is 11.5. The summed E-state index contributed by atoms with van der Waals surface area (Å²) in [5.74, 6) is -1.67. The molecule has 0 aliphatic heterocycles. The van der Waals surface area contributed by atoms with Gasteiger partial charge in [-0.3, -0.25) is 4.79 Å². The fourth-order valence-electron chi connectivity index (χ4n) is 2.33. The Balaban J connectivity index is 1.86. The summed E-state index contributed by atoms with van der Waals surface area (Å²) in [5.41, 5.74) is 4.20. The number of rotatable bonds is 4. The second kappa shape index (κ2) is 6.37. The molecule has 2 N–H and O–H groups in total. The zero-order valence-electron chi connectivity index (χ0n) is 12.9. The molecule has 0 spiro atoms. The van der Waals surface area contributed by atoms with Gasteiger partial charge in [0.2, 0.25) is 5.91 Å². The van der Waals surface area contributed by atoms with E-state index in [1.165, 1.54) is 0 Å². The van der Waals surface area contributed by atoms with Crippen LogP contribution in [-0.4, -0.2) is 26.4 Å². The SMILES string of the molecule is Cc1ccc2nc(-c3cccc(NC(=O)/C=C/C(=O)O)c3)cn2c1. The fourth-order valence-corrected chi connectivity index (χ4v) is 2.33. The van der Waals surface area contributed by atoms with Gasteiger partial charge in [-0.05, 0) is 30.7 Å². The zero-order chi connectivity index (χ0) is 17.1. The van der Waals surface area contributed by atoms with E-state index in [-0.39, 0.29) is 0 Å². The van der Waals surface area contributed by atoms with Crippen LogP contribution < -0.4 is 5.32 Å². The highest BCUT2D eigenvalue weighted by atomic mass is 16.4. The Kier molecular flexibility index (Phi) is 4.11. The van der Waals surface area contributed by atoms with Gasteiger partial charge in [-0.15, -0.1) is 0 Å². The smallest absolute Gasteiger partial charge is 0.328 e. The van der Waals surface area contributed by atoms with Gasteiger partial charge in [0.25, 0.3) is 0 Å². The molecule has 0 aliphatic carbocycles. The summed E-state index contributed by atoms with van der Waals surface area (Å²) in [7, 11) is 0. The number of aryl methyl sites for hydroxylation is 1. The number of imidazole rings is 1. The van der Waals surface area contributed by atoms with E-state index >= 15 is 0 Å². The average Bonchev–Trinajstić information content (AvgIpc) is 2.96. The van der Waals surface area contributed by atoms with E-state index < -0.39 is 11.9 Å². The van der Waals surface area contributed by atoms with E-state index in [0.717, 1.165) is 34.6 Å². The van der Waals surface area contributed by atoms with Crippen LogP contribution in [0.15, 0.2) is 60.9 Å². The van der Waals surface area contributed by atoms with Gasteiger partial charge in [-0.1, -0.05) is 18.2 Å². The number of benzene rings is 1. The summed E-state index contributed by atoms with van der Waals surface area (Å²) in [5, 5.41) is 11.2. The largest absolute Gasteiger partial charge is 0.478 e. The first-order valence-corrected chi connectivity index (χ1v) is 7.29. The number of hydrogen-bond acceptors (Lipinski definition) is 3. The van der Waals surface area contributed by atoms with Crippen molar-refractivity contribution in [3.8, 4) is 11.3 Å². The molecule has 0 fully saturated rings. The fraction of sp³-hybridized carbons (Fsp3) is 0.0556. The lowest BCUT2D eigenvalue weighted by Gasteiger charge is -2.04. The highest BCUT2D eigenvalue weighted by molar-refractivity contribution is 6.02. The van der Waals surface area contributed by atoms with Crippen molar-refractivity contribution >= 4 is 23.2 Å². The molecule has 3 aromatic rings. The van der Waals surface area contributed by atoms with Crippen LogP contribution in [0.2, 0.25) is 0 Å². The number of aromatic nitrogens is 2. The minimum atomic E-state index is -1.17. The van der Waals surface area contributed by atoms with Crippen molar-refractivity contribution in [2.24, 2.45) is 0 Å². The van der Waals surface area contributed by atoms with Crippen molar-refractivity contribution in [1.29, 1.82) is 0 Å². The van der Waals surface area contributed by atoms with Gasteiger partial charge < -0.3 is 14.8 Å². The van der Waals surface area contributed by atoms with Crippen LogP contribution in [-0.2, 0) is 9.59 Å². The summed E-state index contributed by atoms with van der Waals surface area (Å²) in [6, 6.07) is 11.2. The third-order valence-electron chi connectivity index (χ3n) is 3.40. The number of hydrogen-bond donors (Lipinski definition) is 2. The molecular formula is C18H15N3O3. The minimum Gasteiger partial charge on any atom is -0.478 e. The number of fused-ring (bicyclic) bond motifs is 1. The summed E-state index contributed by atoms with van der Waals surface area (Å²) < 4.78 is 1.95. The van der Waals surface area contributed by atoms with Gasteiger partial charge in [0.1, 0.15) is 5.65 Å². The number of nitrogens with zero attached hydrogens (tertiary/aromatic N) is 2. The Hall–Kier alpha value is -3.41. The molecule has 120 valence electrons. The number of nitrogens with one attached hydrogen (secondary N) is 1. The third-order valence-corrected chi connectivity index (χ3v) is 3.40. The molecule has 0 radical (unpaired) electrons. The van der Waals surface area contributed by atoms with Gasteiger partial charge in [0.15, 0.2) is 0 Å². The average molecular weight is 321 g/mol. The molecule has 0 aliphatic rings. The number of carboxylic acids is 1. The third kappa shape index (κ3) is 3.49. The predicted molar refractivity (Wildman–Crippen MR) is 90.8 cm³/mol. The Morgan fingerprint density at radius 1 is 1.17 bits per heavy atom. The Morgan fingerprint density at radius 3 is 2.79 bits per heavy atom. The molecule has 0 saturated carbocycles. The van der Waals surface area contributed by atoms with Crippen LogP contribution in [0.5, 0.6) is 0 Å². The number of carbonyl (C=O) groups is 2.